The lowest BCUT2D eigenvalue weighted by molar-refractivity contribution is -0.144. The van der Waals surface area contributed by atoms with Crippen LogP contribution in [0.1, 0.15) is 104 Å². The van der Waals surface area contributed by atoms with Crippen LogP contribution in [0.25, 0.3) is 0 Å². The summed E-state index contributed by atoms with van der Waals surface area (Å²) in [6.07, 6.45) is 16.9. The van der Waals surface area contributed by atoms with Gasteiger partial charge in [-0.2, -0.15) is 0 Å². The quantitative estimate of drug-likeness (QED) is 0.192. The van der Waals surface area contributed by atoms with E-state index in [1.165, 1.54) is 44.1 Å². The molecule has 148 valence electrons. The highest BCUT2D eigenvalue weighted by atomic mass is 16.5. The normalized spacial score (nSPS) is 12.0. The molecule has 0 aromatic rings. The van der Waals surface area contributed by atoms with Gasteiger partial charge < -0.3 is 9.84 Å². The number of hydrogen-bond donors (Lipinski definition) is 1. The molecule has 25 heavy (non-hydrogen) atoms. The first-order valence-electron chi connectivity index (χ1n) is 10.5. The van der Waals surface area contributed by atoms with Crippen LogP contribution >= 0.6 is 0 Å². The second kappa shape index (κ2) is 18.0. The van der Waals surface area contributed by atoms with Crippen LogP contribution in [-0.2, 0) is 9.53 Å². The Balaban J connectivity index is 3.33. The van der Waals surface area contributed by atoms with Crippen LogP contribution in [0, 0.1) is 5.92 Å². The Morgan fingerprint density at radius 1 is 0.920 bits per heavy atom. The summed E-state index contributed by atoms with van der Waals surface area (Å²) in [5, 5.41) is 8.71. The molecule has 0 amide bonds. The summed E-state index contributed by atoms with van der Waals surface area (Å²) in [6, 6.07) is 0. The molecule has 0 aromatic carbocycles. The minimum Gasteiger partial charge on any atom is -0.466 e. The van der Waals surface area contributed by atoms with Crippen molar-refractivity contribution >= 4 is 5.97 Å². The van der Waals surface area contributed by atoms with Crippen molar-refractivity contribution in [2.45, 2.75) is 104 Å². The summed E-state index contributed by atoms with van der Waals surface area (Å²) in [4.78, 5) is 11.8. The van der Waals surface area contributed by atoms with Gasteiger partial charge in [0, 0.05) is 13.0 Å². The third-order valence-corrected chi connectivity index (χ3v) is 4.54. The number of aliphatic hydroxyl groups excluding tert-OH is 1. The highest BCUT2D eigenvalue weighted by molar-refractivity contribution is 5.69. The van der Waals surface area contributed by atoms with Gasteiger partial charge in [-0.15, -0.1) is 0 Å². The molecule has 3 heteroatoms. The van der Waals surface area contributed by atoms with E-state index < -0.39 is 0 Å². The van der Waals surface area contributed by atoms with Crippen LogP contribution < -0.4 is 0 Å². The summed E-state index contributed by atoms with van der Waals surface area (Å²) in [5.41, 5.74) is 1.34. The highest BCUT2D eigenvalue weighted by Crippen LogP contribution is 2.13. The van der Waals surface area contributed by atoms with Gasteiger partial charge in [-0.3, -0.25) is 4.79 Å². The summed E-state index contributed by atoms with van der Waals surface area (Å²) >= 11 is 0. The summed E-state index contributed by atoms with van der Waals surface area (Å²) in [7, 11) is 0. The molecule has 0 rings (SSSR count). The van der Waals surface area contributed by atoms with Gasteiger partial charge in [-0.1, -0.05) is 69.9 Å². The van der Waals surface area contributed by atoms with Crippen LogP contribution in [0.5, 0.6) is 0 Å². The number of unbranched alkanes of at least 4 members (excludes halogenated alkanes) is 9. The molecule has 0 fully saturated rings. The molecule has 0 saturated heterocycles. The Morgan fingerprint density at radius 2 is 1.44 bits per heavy atom. The zero-order valence-corrected chi connectivity index (χ0v) is 17.0. The summed E-state index contributed by atoms with van der Waals surface area (Å²) < 4.78 is 5.35. The van der Waals surface area contributed by atoms with Crippen molar-refractivity contribution < 1.29 is 14.6 Å². The Hall–Kier alpha value is -0.830. The lowest BCUT2D eigenvalue weighted by Gasteiger charge is -2.10. The van der Waals surface area contributed by atoms with Crippen LogP contribution in [0.15, 0.2) is 11.6 Å². The van der Waals surface area contributed by atoms with Crippen molar-refractivity contribution in [2.24, 2.45) is 5.92 Å². The maximum Gasteiger partial charge on any atom is 0.306 e. The molecular formula is C22H42O3. The minimum atomic E-state index is -0.0346. The Morgan fingerprint density at radius 3 is 1.96 bits per heavy atom. The number of esters is 1. The number of hydrogen-bond acceptors (Lipinski definition) is 3. The fraction of sp³-hybridized carbons (Fsp3) is 0.864. The predicted octanol–water partition coefficient (Wildman–Crippen LogP) is 6.20. The van der Waals surface area contributed by atoms with Gasteiger partial charge in [0.25, 0.3) is 0 Å². The molecule has 1 atom stereocenters. The van der Waals surface area contributed by atoms with E-state index in [-0.39, 0.29) is 5.97 Å². The van der Waals surface area contributed by atoms with Gasteiger partial charge in [0.1, 0.15) is 0 Å². The SMILES string of the molecule is CC(C)=CCCC(C)CC(=O)OCCCCCCCCCCCCO. The molecule has 3 nitrogen and oxygen atoms in total. The first-order valence-corrected chi connectivity index (χ1v) is 10.5. The zero-order chi connectivity index (χ0) is 18.8. The predicted molar refractivity (Wildman–Crippen MR) is 107 cm³/mol. The van der Waals surface area contributed by atoms with E-state index in [9.17, 15) is 4.79 Å². The van der Waals surface area contributed by atoms with E-state index >= 15 is 0 Å². The van der Waals surface area contributed by atoms with Crippen LogP contribution in [-0.4, -0.2) is 24.3 Å². The summed E-state index contributed by atoms with van der Waals surface area (Å²) in [6.45, 7) is 7.26. The fourth-order valence-corrected chi connectivity index (χ4v) is 2.92. The van der Waals surface area contributed by atoms with Gasteiger partial charge in [-0.05, 0) is 45.4 Å². The van der Waals surface area contributed by atoms with E-state index in [1.807, 2.05) is 0 Å². The molecule has 0 bridgehead atoms. The van der Waals surface area contributed by atoms with Gasteiger partial charge in [-0.25, -0.2) is 0 Å². The van der Waals surface area contributed by atoms with E-state index in [4.69, 9.17) is 9.84 Å². The fourth-order valence-electron chi connectivity index (χ4n) is 2.92. The van der Waals surface area contributed by atoms with E-state index in [2.05, 4.69) is 26.8 Å². The molecular weight excluding hydrogens is 312 g/mol. The molecule has 0 radical (unpaired) electrons. The number of ether oxygens (including phenoxy) is 1. The van der Waals surface area contributed by atoms with Crippen molar-refractivity contribution in [1.29, 1.82) is 0 Å². The third-order valence-electron chi connectivity index (χ3n) is 4.54. The Labute approximate surface area is 156 Å². The van der Waals surface area contributed by atoms with Crippen molar-refractivity contribution in [3.63, 3.8) is 0 Å². The molecule has 0 heterocycles. The lowest BCUT2D eigenvalue weighted by atomic mass is 10.0. The molecule has 1 unspecified atom stereocenters. The average molecular weight is 355 g/mol. The Bertz CT molecular complexity index is 332. The number of rotatable bonds is 17. The standard InChI is InChI=1S/C22H42O3/c1-20(2)15-14-16-21(3)19-22(24)25-18-13-11-9-7-5-4-6-8-10-12-17-23/h15,21,23H,4-14,16-19H2,1-3H3. The first-order chi connectivity index (χ1) is 12.1. The van der Waals surface area contributed by atoms with Gasteiger partial charge in [0.2, 0.25) is 0 Å². The molecule has 0 spiro atoms. The average Bonchev–Trinajstić information content (AvgIpc) is 2.55. The van der Waals surface area contributed by atoms with Gasteiger partial charge in [0.05, 0.1) is 6.61 Å². The Kier molecular flexibility index (Phi) is 17.4. The number of aliphatic hydroxyl groups is 1. The highest BCUT2D eigenvalue weighted by Gasteiger charge is 2.09. The van der Waals surface area contributed by atoms with Crippen LogP contribution in [0.3, 0.4) is 0 Å². The molecule has 0 saturated carbocycles. The van der Waals surface area contributed by atoms with Gasteiger partial charge in [0.15, 0.2) is 0 Å². The maximum absolute atomic E-state index is 11.8. The van der Waals surface area contributed by atoms with Crippen molar-refractivity contribution in [1.82, 2.24) is 0 Å². The van der Waals surface area contributed by atoms with Crippen molar-refractivity contribution in [3.8, 4) is 0 Å². The van der Waals surface area contributed by atoms with E-state index in [0.717, 1.165) is 38.5 Å². The van der Waals surface area contributed by atoms with Gasteiger partial charge >= 0.3 is 5.97 Å². The number of allylic oxidation sites excluding steroid dienone is 2. The van der Waals surface area contributed by atoms with E-state index in [1.54, 1.807) is 0 Å². The maximum atomic E-state index is 11.8. The van der Waals surface area contributed by atoms with Crippen molar-refractivity contribution in [3.05, 3.63) is 11.6 Å². The third kappa shape index (κ3) is 19.3. The number of carbonyl (C=O) groups is 1. The first kappa shape index (κ1) is 24.2. The number of carbonyl (C=O) groups excluding carboxylic acids is 1. The van der Waals surface area contributed by atoms with Crippen LogP contribution in [0.2, 0.25) is 0 Å². The molecule has 1 N–H and O–H groups in total. The summed E-state index contributed by atoms with van der Waals surface area (Å²) in [5.74, 6) is 0.369. The smallest absolute Gasteiger partial charge is 0.306 e. The second-order valence-corrected chi connectivity index (χ2v) is 7.65. The molecule has 0 aliphatic heterocycles. The topological polar surface area (TPSA) is 46.5 Å². The monoisotopic (exact) mass is 354 g/mol. The lowest BCUT2D eigenvalue weighted by Crippen LogP contribution is -2.10. The minimum absolute atomic E-state index is 0.0346. The van der Waals surface area contributed by atoms with Crippen molar-refractivity contribution in [2.75, 3.05) is 13.2 Å². The molecule has 0 aliphatic rings. The van der Waals surface area contributed by atoms with E-state index in [0.29, 0.717) is 25.6 Å². The second-order valence-electron chi connectivity index (χ2n) is 7.65. The zero-order valence-electron chi connectivity index (χ0n) is 17.0. The largest absolute Gasteiger partial charge is 0.466 e. The van der Waals surface area contributed by atoms with Crippen LogP contribution in [0.4, 0.5) is 0 Å². The molecule has 0 aromatic heterocycles. The molecule has 0 aliphatic carbocycles.